The maximum absolute atomic E-state index is 12.3. The van der Waals surface area contributed by atoms with E-state index < -0.39 is 0 Å². The molecule has 0 radical (unpaired) electrons. The third-order valence-electron chi connectivity index (χ3n) is 3.46. The Labute approximate surface area is 146 Å². The molecule has 2 aromatic rings. The number of carbonyl (C=O) groups excluding carboxylic acids is 2. The van der Waals surface area contributed by atoms with E-state index in [1.807, 2.05) is 6.92 Å². The molecule has 0 saturated carbocycles. The highest BCUT2D eigenvalue weighted by Gasteiger charge is 2.17. The van der Waals surface area contributed by atoms with Crippen LogP contribution in [0.1, 0.15) is 29.3 Å². The minimum Gasteiger partial charge on any atom is -0.411 e. The predicted octanol–water partition coefficient (Wildman–Crippen LogP) is 0.479. The average molecular weight is 342 g/mol. The second-order valence-corrected chi connectivity index (χ2v) is 5.61. The fourth-order valence-corrected chi connectivity index (χ4v) is 2.34. The van der Waals surface area contributed by atoms with Gasteiger partial charge in [-0.25, -0.2) is 0 Å². The van der Waals surface area contributed by atoms with Crippen LogP contribution in [0.25, 0.3) is 0 Å². The molecule has 0 aliphatic carbocycles. The minimum atomic E-state index is -0.144. The molecule has 0 aliphatic heterocycles. The number of Topliss-reactive ketones (excluding diaryl/α,β-unsaturated/α-hetero) is 1. The van der Waals surface area contributed by atoms with Gasteiger partial charge in [0.05, 0.1) is 11.8 Å². The SMILES string of the molecule is CCCNC(=O)c1ccc[n+](CC(=O)C[n+]2cccc(/C=N\O)c2)c1. The summed E-state index contributed by atoms with van der Waals surface area (Å²) >= 11 is 0. The van der Waals surface area contributed by atoms with Gasteiger partial charge in [0.1, 0.15) is 5.56 Å². The summed E-state index contributed by atoms with van der Waals surface area (Å²) in [7, 11) is 0. The molecule has 0 unspecified atom stereocenters. The second-order valence-electron chi connectivity index (χ2n) is 5.61. The molecule has 130 valence electrons. The Balaban J connectivity index is 2.01. The Morgan fingerprint density at radius 3 is 2.52 bits per heavy atom. The standard InChI is InChI=1S/C18H20N4O3/c1-2-7-19-18(24)16-6-4-9-22(12-16)14-17(23)13-21-8-3-5-15(11-21)10-20-25/h3-6,8-12H,2,7,13-14H2,1H3/p+2/b20-10-. The van der Waals surface area contributed by atoms with Crippen LogP contribution in [0.4, 0.5) is 0 Å². The van der Waals surface area contributed by atoms with Crippen molar-refractivity contribution in [2.75, 3.05) is 6.54 Å². The normalized spacial score (nSPS) is 10.8. The molecule has 0 atom stereocenters. The number of hydrogen-bond acceptors (Lipinski definition) is 4. The summed E-state index contributed by atoms with van der Waals surface area (Å²) in [6, 6.07) is 7.02. The summed E-state index contributed by atoms with van der Waals surface area (Å²) in [5, 5.41) is 14.4. The van der Waals surface area contributed by atoms with Crippen molar-refractivity contribution >= 4 is 17.9 Å². The quantitative estimate of drug-likeness (QED) is 0.317. The molecule has 0 saturated heterocycles. The molecule has 0 aromatic carbocycles. The van der Waals surface area contributed by atoms with E-state index in [4.69, 9.17) is 5.21 Å². The van der Waals surface area contributed by atoms with E-state index in [1.54, 1.807) is 58.2 Å². The van der Waals surface area contributed by atoms with Gasteiger partial charge in [0.15, 0.2) is 24.8 Å². The highest BCUT2D eigenvalue weighted by Crippen LogP contribution is 1.95. The van der Waals surface area contributed by atoms with Gasteiger partial charge in [0.25, 0.3) is 11.7 Å². The smallest absolute Gasteiger partial charge is 0.261 e. The molecule has 25 heavy (non-hydrogen) atoms. The number of hydrogen-bond donors (Lipinski definition) is 2. The van der Waals surface area contributed by atoms with Crippen LogP contribution in [0.3, 0.4) is 0 Å². The van der Waals surface area contributed by atoms with E-state index in [0.717, 1.165) is 6.42 Å². The van der Waals surface area contributed by atoms with Gasteiger partial charge in [-0.3, -0.25) is 9.59 Å². The van der Waals surface area contributed by atoms with Gasteiger partial charge in [-0.05, 0) is 18.6 Å². The number of carbonyl (C=O) groups is 2. The third-order valence-corrected chi connectivity index (χ3v) is 3.46. The van der Waals surface area contributed by atoms with Crippen molar-refractivity contribution < 1.29 is 23.9 Å². The molecule has 2 heterocycles. The van der Waals surface area contributed by atoms with Crippen LogP contribution in [0, 0.1) is 0 Å². The van der Waals surface area contributed by atoms with Crippen molar-refractivity contribution in [3.05, 3.63) is 60.2 Å². The summed E-state index contributed by atoms with van der Waals surface area (Å²) < 4.78 is 3.42. The van der Waals surface area contributed by atoms with Crippen molar-refractivity contribution in [1.29, 1.82) is 0 Å². The Morgan fingerprint density at radius 1 is 1.16 bits per heavy atom. The number of aromatic nitrogens is 2. The van der Waals surface area contributed by atoms with Crippen LogP contribution in [-0.2, 0) is 17.9 Å². The fraction of sp³-hybridized carbons (Fsp3) is 0.278. The summed E-state index contributed by atoms with van der Waals surface area (Å²) in [6.45, 7) is 2.96. The minimum absolute atomic E-state index is 0.0146. The zero-order chi connectivity index (χ0) is 18.1. The summed E-state index contributed by atoms with van der Waals surface area (Å²) in [4.78, 5) is 24.3. The first kappa shape index (κ1) is 18.3. The number of nitrogens with zero attached hydrogens (tertiary/aromatic N) is 3. The maximum Gasteiger partial charge on any atom is 0.261 e. The molecular weight excluding hydrogens is 320 g/mol. The zero-order valence-electron chi connectivity index (χ0n) is 14.1. The number of pyridine rings is 2. The third kappa shape index (κ3) is 5.80. The lowest BCUT2D eigenvalue weighted by molar-refractivity contribution is -0.702. The second kappa shape index (κ2) is 9.27. The van der Waals surface area contributed by atoms with Gasteiger partial charge < -0.3 is 10.5 Å². The summed E-state index contributed by atoms with van der Waals surface area (Å²) in [5.74, 6) is -0.159. The first-order chi connectivity index (χ1) is 12.1. The highest BCUT2D eigenvalue weighted by molar-refractivity contribution is 5.93. The van der Waals surface area contributed by atoms with Crippen molar-refractivity contribution in [3.63, 3.8) is 0 Å². The van der Waals surface area contributed by atoms with Crippen LogP contribution in [0.5, 0.6) is 0 Å². The first-order valence-corrected chi connectivity index (χ1v) is 8.08. The Morgan fingerprint density at radius 2 is 1.84 bits per heavy atom. The van der Waals surface area contributed by atoms with Crippen LogP contribution < -0.4 is 14.5 Å². The van der Waals surface area contributed by atoms with Crippen LogP contribution in [0.15, 0.2) is 54.2 Å². The molecule has 2 rings (SSSR count). The lowest BCUT2D eigenvalue weighted by Gasteiger charge is -2.02. The Bertz CT molecular complexity index is 774. The van der Waals surface area contributed by atoms with Crippen LogP contribution >= 0.6 is 0 Å². The highest BCUT2D eigenvalue weighted by atomic mass is 16.4. The molecular formula is C18H22N4O3+2. The average Bonchev–Trinajstić information content (AvgIpc) is 2.60. The van der Waals surface area contributed by atoms with Gasteiger partial charge in [-0.2, -0.15) is 9.13 Å². The largest absolute Gasteiger partial charge is 0.411 e. The number of amides is 1. The Kier molecular flexibility index (Phi) is 6.76. The van der Waals surface area contributed by atoms with Gasteiger partial charge >= 0.3 is 0 Å². The molecule has 2 N–H and O–H groups in total. The van der Waals surface area contributed by atoms with Gasteiger partial charge in [0, 0.05) is 18.7 Å². The predicted molar refractivity (Wildman–Crippen MR) is 90.3 cm³/mol. The maximum atomic E-state index is 12.3. The van der Waals surface area contributed by atoms with E-state index in [9.17, 15) is 9.59 Å². The van der Waals surface area contributed by atoms with E-state index in [1.165, 1.54) is 6.21 Å². The lowest BCUT2D eigenvalue weighted by atomic mass is 10.2. The van der Waals surface area contributed by atoms with Crippen molar-refractivity contribution in [2.45, 2.75) is 26.4 Å². The van der Waals surface area contributed by atoms with Crippen molar-refractivity contribution in [2.24, 2.45) is 5.16 Å². The topological polar surface area (TPSA) is 86.5 Å². The number of nitrogens with one attached hydrogen (secondary N) is 1. The zero-order valence-corrected chi connectivity index (χ0v) is 14.1. The van der Waals surface area contributed by atoms with Crippen molar-refractivity contribution in [1.82, 2.24) is 5.32 Å². The number of oxime groups is 1. The fourth-order valence-electron chi connectivity index (χ4n) is 2.34. The molecule has 2 aromatic heterocycles. The summed E-state index contributed by atoms with van der Waals surface area (Å²) in [5.41, 5.74) is 1.22. The number of rotatable bonds is 8. The lowest BCUT2D eigenvalue weighted by Crippen LogP contribution is -2.45. The van der Waals surface area contributed by atoms with Gasteiger partial charge in [-0.15, -0.1) is 0 Å². The van der Waals surface area contributed by atoms with E-state index in [0.29, 0.717) is 17.7 Å². The molecule has 0 spiro atoms. The van der Waals surface area contributed by atoms with Gasteiger partial charge in [-0.1, -0.05) is 12.1 Å². The molecule has 7 nitrogen and oxygen atoms in total. The molecule has 0 bridgehead atoms. The monoisotopic (exact) mass is 342 g/mol. The van der Waals surface area contributed by atoms with Crippen molar-refractivity contribution in [3.8, 4) is 0 Å². The van der Waals surface area contributed by atoms with E-state index >= 15 is 0 Å². The molecule has 0 fully saturated rings. The molecule has 1 amide bonds. The van der Waals surface area contributed by atoms with Gasteiger partial charge in [0.2, 0.25) is 13.1 Å². The first-order valence-electron chi connectivity index (χ1n) is 8.08. The number of ketones is 1. The Hall–Kier alpha value is -3.09. The van der Waals surface area contributed by atoms with E-state index in [2.05, 4.69) is 10.5 Å². The summed E-state index contributed by atoms with van der Waals surface area (Å²) in [6.07, 6.45) is 9.08. The molecule has 0 aliphatic rings. The van der Waals surface area contributed by atoms with Crippen LogP contribution in [0.2, 0.25) is 0 Å². The van der Waals surface area contributed by atoms with E-state index in [-0.39, 0.29) is 24.8 Å². The van der Waals surface area contributed by atoms with Crippen LogP contribution in [-0.4, -0.2) is 29.7 Å². The molecule has 7 heteroatoms.